The van der Waals surface area contributed by atoms with Crippen molar-refractivity contribution in [3.8, 4) is 0 Å². The van der Waals surface area contributed by atoms with Crippen LogP contribution in [0.5, 0.6) is 0 Å². The molecule has 1 heteroatoms. The maximum atomic E-state index is 3.63. The van der Waals surface area contributed by atoms with E-state index in [0.717, 1.165) is 35.6 Å². The van der Waals surface area contributed by atoms with Gasteiger partial charge in [-0.15, -0.1) is 0 Å². The van der Waals surface area contributed by atoms with Gasteiger partial charge in [0, 0.05) is 6.04 Å². The number of hydrogen-bond acceptors (Lipinski definition) is 1. The zero-order valence-electron chi connectivity index (χ0n) is 10.9. The molecule has 1 unspecified atom stereocenters. The van der Waals surface area contributed by atoms with E-state index in [-0.39, 0.29) is 0 Å². The smallest absolute Gasteiger partial charge is 0.00975 e. The van der Waals surface area contributed by atoms with Crippen LogP contribution >= 0.6 is 0 Å². The van der Waals surface area contributed by atoms with Crippen LogP contribution in [0.1, 0.15) is 51.9 Å². The maximum Gasteiger partial charge on any atom is 0.00975 e. The highest BCUT2D eigenvalue weighted by molar-refractivity contribution is 5.01. The first kappa shape index (κ1) is 11.1. The molecule has 4 rings (SSSR count). The molecule has 92 valence electrons. The molecule has 0 heterocycles. The van der Waals surface area contributed by atoms with Crippen LogP contribution in [0.15, 0.2) is 0 Å². The van der Waals surface area contributed by atoms with Crippen molar-refractivity contribution in [2.45, 2.75) is 57.9 Å². The molecular weight excluding hydrogens is 194 g/mol. The van der Waals surface area contributed by atoms with Gasteiger partial charge in [-0.3, -0.25) is 0 Å². The fourth-order valence-corrected chi connectivity index (χ4v) is 5.46. The summed E-state index contributed by atoms with van der Waals surface area (Å²) in [7, 11) is 2.19. The second kappa shape index (κ2) is 4.33. The van der Waals surface area contributed by atoms with Gasteiger partial charge in [0.1, 0.15) is 0 Å². The van der Waals surface area contributed by atoms with Gasteiger partial charge >= 0.3 is 0 Å². The van der Waals surface area contributed by atoms with Crippen LogP contribution in [0.2, 0.25) is 0 Å². The lowest BCUT2D eigenvalue weighted by Crippen LogP contribution is -2.52. The average Bonchev–Trinajstić information content (AvgIpc) is 2.26. The quantitative estimate of drug-likeness (QED) is 0.767. The van der Waals surface area contributed by atoms with Crippen molar-refractivity contribution in [3.05, 3.63) is 0 Å². The second-order valence-electron chi connectivity index (χ2n) is 6.69. The van der Waals surface area contributed by atoms with Crippen molar-refractivity contribution in [3.63, 3.8) is 0 Å². The van der Waals surface area contributed by atoms with Crippen LogP contribution in [0, 0.1) is 29.6 Å². The molecule has 0 amide bonds. The Labute approximate surface area is 100 Å². The number of hydrogen-bond donors (Lipinski definition) is 1. The Bertz CT molecular complexity index is 217. The van der Waals surface area contributed by atoms with E-state index in [2.05, 4.69) is 19.3 Å². The molecule has 0 spiro atoms. The van der Waals surface area contributed by atoms with Crippen LogP contribution in [0.4, 0.5) is 0 Å². The van der Waals surface area contributed by atoms with Crippen molar-refractivity contribution in [1.82, 2.24) is 5.32 Å². The molecule has 4 saturated carbocycles. The summed E-state index contributed by atoms with van der Waals surface area (Å²) in [6, 6.07) is 0.819. The molecular formula is C15H27N. The highest BCUT2D eigenvalue weighted by Crippen LogP contribution is 2.57. The van der Waals surface area contributed by atoms with Gasteiger partial charge in [0.15, 0.2) is 0 Å². The topological polar surface area (TPSA) is 12.0 Å². The minimum atomic E-state index is 0.819. The van der Waals surface area contributed by atoms with Crippen molar-refractivity contribution in [2.24, 2.45) is 29.6 Å². The van der Waals surface area contributed by atoms with E-state index in [1.165, 1.54) is 12.8 Å². The zero-order valence-corrected chi connectivity index (χ0v) is 10.9. The Morgan fingerprint density at radius 1 is 1.00 bits per heavy atom. The summed E-state index contributed by atoms with van der Waals surface area (Å²) in [6.45, 7) is 2.33. The van der Waals surface area contributed by atoms with Gasteiger partial charge in [-0.2, -0.15) is 0 Å². The molecule has 1 atom stereocenters. The van der Waals surface area contributed by atoms with Crippen LogP contribution in [-0.4, -0.2) is 13.1 Å². The van der Waals surface area contributed by atoms with Gasteiger partial charge in [0.05, 0.1) is 0 Å². The van der Waals surface area contributed by atoms with E-state index in [0.29, 0.717) is 0 Å². The molecule has 0 radical (unpaired) electrons. The van der Waals surface area contributed by atoms with E-state index < -0.39 is 0 Å². The minimum absolute atomic E-state index is 0.819. The SMILES string of the molecule is CCCC(NC)C1C2CC3CC(C2)CC1C3. The van der Waals surface area contributed by atoms with Crippen LogP contribution < -0.4 is 5.32 Å². The van der Waals surface area contributed by atoms with Crippen molar-refractivity contribution in [2.75, 3.05) is 7.05 Å². The summed E-state index contributed by atoms with van der Waals surface area (Å²) in [4.78, 5) is 0. The molecule has 16 heavy (non-hydrogen) atoms. The van der Waals surface area contributed by atoms with E-state index >= 15 is 0 Å². The molecule has 0 aromatic heterocycles. The standard InChI is InChI=1S/C15H27N/c1-3-4-14(16-2)15-12-6-10-5-11(8-12)9-13(15)7-10/h10-16H,3-9H2,1-2H3. The second-order valence-corrected chi connectivity index (χ2v) is 6.69. The first-order valence-electron chi connectivity index (χ1n) is 7.49. The lowest BCUT2D eigenvalue weighted by molar-refractivity contribution is -0.0519. The largest absolute Gasteiger partial charge is 0.317 e. The summed E-state index contributed by atoms with van der Waals surface area (Å²) >= 11 is 0. The van der Waals surface area contributed by atoms with E-state index in [1.54, 1.807) is 32.1 Å². The Hall–Kier alpha value is -0.0400. The average molecular weight is 221 g/mol. The summed E-state index contributed by atoms with van der Waals surface area (Å²) < 4.78 is 0. The predicted molar refractivity (Wildman–Crippen MR) is 68.3 cm³/mol. The summed E-state index contributed by atoms with van der Waals surface area (Å²) in [5, 5.41) is 3.63. The van der Waals surface area contributed by atoms with E-state index in [4.69, 9.17) is 0 Å². The normalized spacial score (nSPS) is 47.2. The molecule has 0 saturated heterocycles. The third kappa shape index (κ3) is 1.72. The lowest BCUT2D eigenvalue weighted by atomic mass is 9.50. The molecule has 0 aromatic carbocycles. The summed E-state index contributed by atoms with van der Waals surface area (Å²) in [5.74, 6) is 5.44. The fraction of sp³-hybridized carbons (Fsp3) is 1.00. The predicted octanol–water partition coefficient (Wildman–Crippen LogP) is 3.45. The first-order valence-corrected chi connectivity index (χ1v) is 7.49. The number of nitrogens with one attached hydrogen (secondary N) is 1. The van der Waals surface area contributed by atoms with Crippen LogP contribution in [-0.2, 0) is 0 Å². The third-order valence-electron chi connectivity index (χ3n) is 5.73. The summed E-state index contributed by atoms with van der Waals surface area (Å²) in [6.07, 6.45) is 10.6. The van der Waals surface area contributed by atoms with Gasteiger partial charge in [0.2, 0.25) is 0 Å². The van der Waals surface area contributed by atoms with Gasteiger partial charge in [-0.25, -0.2) is 0 Å². The van der Waals surface area contributed by atoms with Gasteiger partial charge in [-0.05, 0) is 75.2 Å². The molecule has 4 aliphatic carbocycles. The van der Waals surface area contributed by atoms with Crippen LogP contribution in [0.25, 0.3) is 0 Å². The van der Waals surface area contributed by atoms with Gasteiger partial charge in [0.25, 0.3) is 0 Å². The molecule has 0 aliphatic heterocycles. The maximum absolute atomic E-state index is 3.63. The molecule has 4 fully saturated rings. The summed E-state index contributed by atoms with van der Waals surface area (Å²) in [5.41, 5.74) is 0. The molecule has 4 aliphatic rings. The molecule has 0 aromatic rings. The van der Waals surface area contributed by atoms with Gasteiger partial charge in [-0.1, -0.05) is 13.3 Å². The monoisotopic (exact) mass is 221 g/mol. The Morgan fingerprint density at radius 3 is 2.00 bits per heavy atom. The molecule has 1 N–H and O–H groups in total. The highest BCUT2D eigenvalue weighted by Gasteiger charge is 2.49. The van der Waals surface area contributed by atoms with Crippen molar-refractivity contribution < 1.29 is 0 Å². The Kier molecular flexibility index (Phi) is 2.99. The molecule has 1 nitrogen and oxygen atoms in total. The van der Waals surface area contributed by atoms with Crippen LogP contribution in [0.3, 0.4) is 0 Å². The fourth-order valence-electron chi connectivity index (χ4n) is 5.46. The number of rotatable bonds is 4. The highest BCUT2D eigenvalue weighted by atomic mass is 14.9. The Morgan fingerprint density at radius 2 is 1.56 bits per heavy atom. The first-order chi connectivity index (χ1) is 7.81. The van der Waals surface area contributed by atoms with Gasteiger partial charge < -0.3 is 5.32 Å². The lowest BCUT2D eigenvalue weighted by Gasteiger charge is -2.56. The third-order valence-corrected chi connectivity index (χ3v) is 5.73. The zero-order chi connectivity index (χ0) is 11.1. The van der Waals surface area contributed by atoms with E-state index in [9.17, 15) is 0 Å². The van der Waals surface area contributed by atoms with E-state index in [1.807, 2.05) is 0 Å². The Balaban J connectivity index is 1.75. The molecule has 4 bridgehead atoms. The van der Waals surface area contributed by atoms with Crippen molar-refractivity contribution >= 4 is 0 Å². The van der Waals surface area contributed by atoms with Crippen molar-refractivity contribution in [1.29, 1.82) is 0 Å². The minimum Gasteiger partial charge on any atom is -0.317 e.